The van der Waals surface area contributed by atoms with Gasteiger partial charge in [0.15, 0.2) is 0 Å². The molecule has 1 unspecified atom stereocenters. The van der Waals surface area contributed by atoms with Crippen molar-refractivity contribution >= 4 is 39.1 Å². The van der Waals surface area contributed by atoms with Crippen LogP contribution >= 0.6 is 22.9 Å². The fraction of sp³-hybridized carbons (Fsp3) is 0.350. The number of hydrogen-bond donors (Lipinski definition) is 1. The minimum Gasteiger partial charge on any atom is -0.462 e. The van der Waals surface area contributed by atoms with Crippen LogP contribution in [0.25, 0.3) is 10.2 Å². The van der Waals surface area contributed by atoms with E-state index in [-0.39, 0.29) is 30.6 Å². The van der Waals surface area contributed by atoms with Gasteiger partial charge in [0, 0.05) is 17.1 Å². The number of carbonyl (C=O) groups is 1. The molecular formula is C20H21ClFN3O3S. The number of aryl methyl sites for hydroxylation is 1. The molecule has 2 aromatic heterocycles. The third kappa shape index (κ3) is 4.19. The Morgan fingerprint density at radius 1 is 1.45 bits per heavy atom. The van der Waals surface area contributed by atoms with Crippen molar-refractivity contribution in [2.24, 2.45) is 0 Å². The number of halogens is 2. The van der Waals surface area contributed by atoms with Crippen LogP contribution < -0.4 is 5.56 Å². The highest BCUT2D eigenvalue weighted by Crippen LogP contribution is 2.29. The zero-order valence-corrected chi connectivity index (χ0v) is 18.1. The Morgan fingerprint density at radius 3 is 2.83 bits per heavy atom. The maximum Gasteiger partial charge on any atom is 0.348 e. The second-order valence-electron chi connectivity index (χ2n) is 6.70. The first kappa shape index (κ1) is 21.4. The maximum absolute atomic E-state index is 14.1. The summed E-state index contributed by atoms with van der Waals surface area (Å²) in [5.41, 5.74) is 0.616. The molecule has 0 radical (unpaired) electrons. The van der Waals surface area contributed by atoms with Crippen molar-refractivity contribution in [1.82, 2.24) is 14.9 Å². The van der Waals surface area contributed by atoms with E-state index in [4.69, 9.17) is 16.3 Å². The lowest BCUT2D eigenvalue weighted by molar-refractivity contribution is 0.0531. The van der Waals surface area contributed by atoms with Crippen LogP contribution in [0.5, 0.6) is 0 Å². The minimum absolute atomic E-state index is 0.242. The molecule has 3 aromatic rings. The van der Waals surface area contributed by atoms with Crippen LogP contribution in [0, 0.1) is 12.7 Å². The van der Waals surface area contributed by atoms with Gasteiger partial charge in [-0.1, -0.05) is 17.7 Å². The molecule has 0 fully saturated rings. The molecule has 0 aliphatic carbocycles. The standard InChI is InChI=1S/C20H21ClFN3O3S/c1-5-28-20(27)16-10(2)15-18(26)23-17(24-19(15)29-16)11(3)25(4)9-12-13(21)7-6-8-14(12)22/h6-8,11H,5,9H2,1-4H3,(H,23,24,26). The molecule has 1 N–H and O–H groups in total. The summed E-state index contributed by atoms with van der Waals surface area (Å²) in [6.45, 7) is 5.78. The number of nitrogens with zero attached hydrogens (tertiary/aromatic N) is 2. The number of H-pyrrole nitrogens is 1. The van der Waals surface area contributed by atoms with Crippen molar-refractivity contribution in [3.8, 4) is 0 Å². The molecule has 29 heavy (non-hydrogen) atoms. The number of rotatable bonds is 6. The molecule has 9 heteroatoms. The molecule has 3 rings (SSSR count). The van der Waals surface area contributed by atoms with Crippen LogP contribution in [0.2, 0.25) is 5.02 Å². The summed E-state index contributed by atoms with van der Waals surface area (Å²) in [6, 6.07) is 4.22. The highest BCUT2D eigenvalue weighted by atomic mass is 35.5. The monoisotopic (exact) mass is 437 g/mol. The van der Waals surface area contributed by atoms with E-state index in [0.717, 1.165) is 11.3 Å². The average Bonchev–Trinajstić information content (AvgIpc) is 3.01. The second-order valence-corrected chi connectivity index (χ2v) is 8.11. The van der Waals surface area contributed by atoms with E-state index in [2.05, 4.69) is 9.97 Å². The maximum atomic E-state index is 14.1. The molecule has 0 amide bonds. The first-order chi connectivity index (χ1) is 13.7. The molecule has 154 valence electrons. The fourth-order valence-corrected chi connectivity index (χ4v) is 4.33. The number of aromatic amines is 1. The zero-order chi connectivity index (χ0) is 21.3. The summed E-state index contributed by atoms with van der Waals surface area (Å²) in [4.78, 5) is 34.8. The SMILES string of the molecule is CCOC(=O)c1sc2nc(C(C)N(C)Cc3c(F)cccc3Cl)[nH]c(=O)c2c1C. The van der Waals surface area contributed by atoms with E-state index < -0.39 is 5.97 Å². The Labute approximate surface area is 176 Å². The van der Waals surface area contributed by atoms with Crippen molar-refractivity contribution in [3.63, 3.8) is 0 Å². The summed E-state index contributed by atoms with van der Waals surface area (Å²) in [5.74, 6) is -0.427. The molecular weight excluding hydrogens is 417 g/mol. The Balaban J connectivity index is 1.95. The number of esters is 1. The summed E-state index contributed by atoms with van der Waals surface area (Å²) in [7, 11) is 1.79. The molecule has 1 atom stereocenters. The van der Waals surface area contributed by atoms with Gasteiger partial charge in [-0.25, -0.2) is 14.2 Å². The van der Waals surface area contributed by atoms with E-state index >= 15 is 0 Å². The number of aromatic nitrogens is 2. The molecule has 0 aliphatic heterocycles. The second kappa shape index (κ2) is 8.61. The number of fused-ring (bicyclic) bond motifs is 1. The van der Waals surface area contributed by atoms with Crippen molar-refractivity contribution in [2.75, 3.05) is 13.7 Å². The first-order valence-corrected chi connectivity index (χ1v) is 10.3. The Hall–Kier alpha value is -2.29. The third-order valence-electron chi connectivity index (χ3n) is 4.81. The van der Waals surface area contributed by atoms with Crippen LogP contribution in [0.15, 0.2) is 23.0 Å². The zero-order valence-electron chi connectivity index (χ0n) is 16.5. The Bertz CT molecular complexity index is 1110. The van der Waals surface area contributed by atoms with Crippen molar-refractivity contribution < 1.29 is 13.9 Å². The summed E-state index contributed by atoms with van der Waals surface area (Å²) in [6.07, 6.45) is 0. The van der Waals surface area contributed by atoms with Gasteiger partial charge >= 0.3 is 5.97 Å². The van der Waals surface area contributed by atoms with E-state index in [1.54, 1.807) is 33.0 Å². The van der Waals surface area contributed by atoms with Gasteiger partial charge in [0.2, 0.25) is 0 Å². The highest BCUT2D eigenvalue weighted by molar-refractivity contribution is 7.20. The molecule has 1 aromatic carbocycles. The molecule has 0 bridgehead atoms. The quantitative estimate of drug-likeness (QED) is 0.576. The lowest BCUT2D eigenvalue weighted by atomic mass is 10.1. The van der Waals surface area contributed by atoms with E-state index in [0.29, 0.717) is 37.1 Å². The molecule has 0 spiro atoms. The van der Waals surface area contributed by atoms with E-state index in [9.17, 15) is 14.0 Å². The van der Waals surface area contributed by atoms with Gasteiger partial charge in [0.1, 0.15) is 21.3 Å². The summed E-state index contributed by atoms with van der Waals surface area (Å²) < 4.78 is 19.2. The molecule has 0 aliphatic rings. The van der Waals surface area contributed by atoms with Gasteiger partial charge in [-0.15, -0.1) is 11.3 Å². The molecule has 0 saturated heterocycles. The smallest absolute Gasteiger partial charge is 0.348 e. The van der Waals surface area contributed by atoms with E-state index in [1.807, 2.05) is 11.8 Å². The topological polar surface area (TPSA) is 75.3 Å². The van der Waals surface area contributed by atoms with Gasteiger partial charge in [0.05, 0.1) is 18.0 Å². The van der Waals surface area contributed by atoms with Gasteiger partial charge in [-0.3, -0.25) is 9.69 Å². The number of hydrogen-bond acceptors (Lipinski definition) is 6. The van der Waals surface area contributed by atoms with Gasteiger partial charge in [0.25, 0.3) is 5.56 Å². The van der Waals surface area contributed by atoms with Crippen molar-refractivity contribution in [3.05, 3.63) is 61.2 Å². The Kier molecular flexibility index (Phi) is 6.36. The van der Waals surface area contributed by atoms with Gasteiger partial charge in [-0.05, 0) is 45.5 Å². The normalized spacial score (nSPS) is 12.5. The van der Waals surface area contributed by atoms with Crippen LogP contribution in [-0.4, -0.2) is 34.5 Å². The number of thiophene rings is 1. The fourth-order valence-electron chi connectivity index (χ4n) is 3.03. The summed E-state index contributed by atoms with van der Waals surface area (Å²) in [5, 5.41) is 0.725. The number of carbonyl (C=O) groups excluding carboxylic acids is 1. The molecule has 6 nitrogen and oxygen atoms in total. The predicted octanol–water partition coefficient (Wildman–Crippen LogP) is 4.46. The molecule has 2 heterocycles. The van der Waals surface area contributed by atoms with Crippen LogP contribution in [0.1, 0.15) is 46.5 Å². The highest BCUT2D eigenvalue weighted by Gasteiger charge is 2.23. The minimum atomic E-state index is -0.465. The van der Waals surface area contributed by atoms with Crippen LogP contribution in [0.3, 0.4) is 0 Å². The first-order valence-electron chi connectivity index (χ1n) is 9.08. The lowest BCUT2D eigenvalue weighted by Crippen LogP contribution is -2.26. The predicted molar refractivity (Wildman–Crippen MR) is 112 cm³/mol. The number of nitrogens with one attached hydrogen (secondary N) is 1. The third-order valence-corrected chi connectivity index (χ3v) is 6.33. The Morgan fingerprint density at radius 2 is 2.17 bits per heavy atom. The largest absolute Gasteiger partial charge is 0.462 e. The number of ether oxygens (including phenoxy) is 1. The van der Waals surface area contributed by atoms with Crippen LogP contribution in [-0.2, 0) is 11.3 Å². The van der Waals surface area contributed by atoms with E-state index in [1.165, 1.54) is 6.07 Å². The van der Waals surface area contributed by atoms with Gasteiger partial charge in [-0.2, -0.15) is 0 Å². The lowest BCUT2D eigenvalue weighted by Gasteiger charge is -2.24. The molecule has 0 saturated carbocycles. The van der Waals surface area contributed by atoms with Crippen LogP contribution in [0.4, 0.5) is 4.39 Å². The summed E-state index contributed by atoms with van der Waals surface area (Å²) >= 11 is 7.25. The van der Waals surface area contributed by atoms with Gasteiger partial charge < -0.3 is 9.72 Å². The van der Waals surface area contributed by atoms with Crippen molar-refractivity contribution in [2.45, 2.75) is 33.4 Å². The average molecular weight is 438 g/mol. The van der Waals surface area contributed by atoms with Crippen molar-refractivity contribution in [1.29, 1.82) is 0 Å². The number of benzene rings is 1.